The van der Waals surface area contributed by atoms with Gasteiger partial charge in [0.05, 0.1) is 0 Å². The van der Waals surface area contributed by atoms with Crippen LogP contribution in [0.15, 0.2) is 35.2 Å². The first kappa shape index (κ1) is 23.2. The van der Waals surface area contributed by atoms with E-state index in [1.807, 2.05) is 13.8 Å². The number of hydrogen-bond donors (Lipinski definition) is 3. The van der Waals surface area contributed by atoms with Gasteiger partial charge in [-0.1, -0.05) is 13.8 Å². The molecule has 0 unspecified atom stereocenters. The van der Waals surface area contributed by atoms with Crippen LogP contribution in [0.25, 0.3) is 0 Å². The fourth-order valence-electron chi connectivity index (χ4n) is 2.53. The molecule has 0 aromatic heterocycles. The molecule has 162 valence electrons. The molecule has 0 bridgehead atoms. The number of amides is 1. The number of ether oxygens (including phenoxy) is 2. The number of phenols is 1. The van der Waals surface area contributed by atoms with Gasteiger partial charge >= 0.3 is 11.9 Å². The van der Waals surface area contributed by atoms with Crippen LogP contribution in [0.3, 0.4) is 0 Å². The second-order valence-electron chi connectivity index (χ2n) is 7.12. The van der Waals surface area contributed by atoms with E-state index in [-0.39, 0.29) is 28.9 Å². The minimum Gasteiger partial charge on any atom is -0.507 e. The monoisotopic (exact) mass is 436 g/mol. The highest BCUT2D eigenvalue weighted by Crippen LogP contribution is 2.35. The topological polar surface area (TPSA) is 145 Å². The number of nitrogens with two attached hydrogens (primary N) is 1. The minimum absolute atomic E-state index is 0.0915. The van der Waals surface area contributed by atoms with Crippen LogP contribution in [0.5, 0.6) is 23.0 Å². The van der Waals surface area contributed by atoms with Crippen LogP contribution in [0.4, 0.5) is 0 Å². The van der Waals surface area contributed by atoms with Crippen LogP contribution in [0.2, 0.25) is 0 Å². The number of carbonyl (C=O) groups is 2. The Labute approximate surface area is 174 Å². The molecule has 0 fully saturated rings. The molecule has 0 saturated carbocycles. The van der Waals surface area contributed by atoms with Crippen LogP contribution < -0.4 is 19.9 Å². The van der Waals surface area contributed by atoms with Crippen molar-refractivity contribution in [1.29, 1.82) is 0 Å². The van der Waals surface area contributed by atoms with Gasteiger partial charge in [-0.2, -0.15) is 0 Å². The molecule has 1 amide bonds. The number of phenolic OH excluding ortho intramolecular Hbond substituents is 1. The number of sulfonamides is 1. The summed E-state index contributed by atoms with van der Waals surface area (Å²) < 4.78 is 38.1. The number of benzene rings is 2. The first-order chi connectivity index (χ1) is 13.9. The third-order valence-corrected chi connectivity index (χ3v) is 5.42. The Balaban J connectivity index is 2.33. The average Bonchev–Trinajstić information content (AvgIpc) is 2.64. The van der Waals surface area contributed by atoms with E-state index in [2.05, 4.69) is 4.72 Å². The smallest absolute Gasteiger partial charge is 0.401 e. The Kier molecular flexibility index (Phi) is 7.06. The van der Waals surface area contributed by atoms with Gasteiger partial charge in [-0.15, -0.1) is 0 Å². The minimum atomic E-state index is -3.93. The number of aromatic hydroxyl groups is 1. The van der Waals surface area contributed by atoms with Crippen molar-refractivity contribution >= 4 is 21.9 Å². The van der Waals surface area contributed by atoms with E-state index in [4.69, 9.17) is 15.2 Å². The highest BCUT2D eigenvalue weighted by atomic mass is 32.2. The van der Waals surface area contributed by atoms with Crippen molar-refractivity contribution in [3.8, 4) is 23.0 Å². The van der Waals surface area contributed by atoms with E-state index in [0.717, 1.165) is 0 Å². The summed E-state index contributed by atoms with van der Waals surface area (Å²) in [5, 5.41) is 10.0. The van der Waals surface area contributed by atoms with Crippen LogP contribution in [-0.2, 0) is 19.6 Å². The summed E-state index contributed by atoms with van der Waals surface area (Å²) in [6.07, 6.45) is 0. The Hall–Kier alpha value is -3.11. The summed E-state index contributed by atoms with van der Waals surface area (Å²) in [5.41, 5.74) is 6.01. The number of esters is 1. The lowest BCUT2D eigenvalue weighted by Gasteiger charge is -2.15. The quantitative estimate of drug-likeness (QED) is 0.342. The Bertz CT molecular complexity index is 1060. The largest absolute Gasteiger partial charge is 0.507 e. The van der Waals surface area contributed by atoms with E-state index < -0.39 is 27.6 Å². The van der Waals surface area contributed by atoms with Gasteiger partial charge in [-0.3, -0.25) is 4.79 Å². The summed E-state index contributed by atoms with van der Waals surface area (Å²) in [7, 11) is -3.93. The molecule has 30 heavy (non-hydrogen) atoms. The van der Waals surface area contributed by atoms with Crippen LogP contribution in [0.1, 0.15) is 25.0 Å². The van der Waals surface area contributed by atoms with Crippen molar-refractivity contribution in [1.82, 2.24) is 4.72 Å². The standard InChI is InChI=1S/C20H24N2O7S/c1-11(2)10-22-30(26,27)17-9-14(5-6-16(17)23)28-18-12(3)7-15(8-13(18)4)29-20(25)19(21)24/h5-9,11,22-23H,10H2,1-4H3,(H2,21,24). The lowest BCUT2D eigenvalue weighted by atomic mass is 10.1. The lowest BCUT2D eigenvalue weighted by Crippen LogP contribution is -2.27. The van der Waals surface area contributed by atoms with E-state index in [9.17, 15) is 23.1 Å². The van der Waals surface area contributed by atoms with Gasteiger partial charge in [-0.05, 0) is 55.2 Å². The molecule has 2 rings (SSSR count). The molecule has 0 aliphatic heterocycles. The summed E-state index contributed by atoms with van der Waals surface area (Å²) in [4.78, 5) is 21.9. The SMILES string of the molecule is Cc1cc(OC(=O)C(N)=O)cc(C)c1Oc1ccc(O)c(S(=O)(=O)NCC(C)C)c1. The molecule has 10 heteroatoms. The normalized spacial score (nSPS) is 11.4. The highest BCUT2D eigenvalue weighted by molar-refractivity contribution is 7.89. The van der Waals surface area contributed by atoms with E-state index >= 15 is 0 Å². The van der Waals surface area contributed by atoms with E-state index in [1.165, 1.54) is 30.3 Å². The average molecular weight is 436 g/mol. The Morgan fingerprint density at radius 1 is 1.10 bits per heavy atom. The van der Waals surface area contributed by atoms with Crippen molar-refractivity contribution in [2.75, 3.05) is 6.54 Å². The third-order valence-electron chi connectivity index (χ3n) is 3.97. The summed E-state index contributed by atoms with van der Waals surface area (Å²) in [5.74, 6) is -2.01. The number of hydrogen-bond acceptors (Lipinski definition) is 7. The molecule has 0 atom stereocenters. The van der Waals surface area contributed by atoms with Gasteiger partial charge in [0, 0.05) is 12.6 Å². The molecule has 2 aromatic rings. The molecular formula is C20H24N2O7S. The van der Waals surface area contributed by atoms with Gasteiger partial charge in [0.15, 0.2) is 0 Å². The van der Waals surface area contributed by atoms with Crippen molar-refractivity contribution in [2.24, 2.45) is 11.7 Å². The predicted octanol–water partition coefficient (Wildman–Crippen LogP) is 2.13. The fourth-order valence-corrected chi connectivity index (χ4v) is 3.86. The predicted molar refractivity (Wildman–Crippen MR) is 109 cm³/mol. The van der Waals surface area contributed by atoms with Crippen LogP contribution >= 0.6 is 0 Å². The van der Waals surface area contributed by atoms with Gasteiger partial charge < -0.3 is 20.3 Å². The van der Waals surface area contributed by atoms with E-state index in [0.29, 0.717) is 16.9 Å². The van der Waals surface area contributed by atoms with Gasteiger partial charge in [0.2, 0.25) is 10.0 Å². The molecule has 9 nitrogen and oxygen atoms in total. The lowest BCUT2D eigenvalue weighted by molar-refractivity contribution is -0.146. The molecule has 0 radical (unpaired) electrons. The zero-order valence-corrected chi connectivity index (χ0v) is 17.9. The molecule has 2 aromatic carbocycles. The molecule has 0 saturated heterocycles. The number of rotatable bonds is 7. The number of nitrogens with one attached hydrogen (secondary N) is 1. The van der Waals surface area contributed by atoms with Crippen molar-refractivity contribution in [3.63, 3.8) is 0 Å². The van der Waals surface area contributed by atoms with Gasteiger partial charge in [0.25, 0.3) is 0 Å². The van der Waals surface area contributed by atoms with Crippen LogP contribution in [-0.4, -0.2) is 31.9 Å². The zero-order valence-electron chi connectivity index (χ0n) is 17.1. The first-order valence-electron chi connectivity index (χ1n) is 9.04. The first-order valence-corrected chi connectivity index (χ1v) is 10.5. The maximum absolute atomic E-state index is 12.5. The molecule has 0 aliphatic rings. The molecular weight excluding hydrogens is 412 g/mol. The number of carbonyl (C=O) groups excluding carboxylic acids is 2. The van der Waals surface area contributed by atoms with E-state index in [1.54, 1.807) is 13.8 Å². The summed E-state index contributed by atoms with van der Waals surface area (Å²) in [6.45, 7) is 7.31. The van der Waals surface area contributed by atoms with Crippen molar-refractivity contribution in [3.05, 3.63) is 41.5 Å². The van der Waals surface area contributed by atoms with Crippen molar-refractivity contribution < 1.29 is 32.6 Å². The maximum Gasteiger partial charge on any atom is 0.401 e. The summed E-state index contributed by atoms with van der Waals surface area (Å²) >= 11 is 0. The van der Waals surface area contributed by atoms with Crippen molar-refractivity contribution in [2.45, 2.75) is 32.6 Å². The maximum atomic E-state index is 12.5. The zero-order chi connectivity index (χ0) is 22.6. The van der Waals surface area contributed by atoms with Gasteiger partial charge in [0.1, 0.15) is 27.9 Å². The molecule has 0 aliphatic carbocycles. The molecule has 4 N–H and O–H groups in total. The molecule has 0 spiro atoms. The Morgan fingerprint density at radius 3 is 2.23 bits per heavy atom. The fraction of sp³-hybridized carbons (Fsp3) is 0.300. The second-order valence-corrected chi connectivity index (χ2v) is 8.85. The Morgan fingerprint density at radius 2 is 1.70 bits per heavy atom. The molecule has 0 heterocycles. The number of primary amides is 1. The number of aryl methyl sites for hydroxylation is 2. The highest BCUT2D eigenvalue weighted by Gasteiger charge is 2.21. The third kappa shape index (κ3) is 5.71. The van der Waals surface area contributed by atoms with Crippen LogP contribution in [0, 0.1) is 19.8 Å². The van der Waals surface area contributed by atoms with Gasteiger partial charge in [-0.25, -0.2) is 17.9 Å². The second kappa shape index (κ2) is 9.14. The summed E-state index contributed by atoms with van der Waals surface area (Å²) in [6, 6.07) is 6.83.